The predicted molar refractivity (Wildman–Crippen MR) is 196 cm³/mol. The smallest absolute Gasteiger partial charge is 0.240 e. The molecular formula is C41H25N9. The van der Waals surface area contributed by atoms with E-state index in [-0.39, 0.29) is 0 Å². The average molecular weight is 644 g/mol. The molecule has 0 N–H and O–H groups in total. The Kier molecular flexibility index (Phi) is 6.28. The highest BCUT2D eigenvalue weighted by Crippen LogP contribution is 2.35. The number of para-hydroxylation sites is 4. The SMILES string of the molecule is c1cnc(-c2cc(-c3ncccn3)cc(-c3nc(-n4c5ccccc5c5ccccc54)nc(-n4c5ccccc5c5ccccc54)n3)c2)nc1. The van der Waals surface area contributed by atoms with Crippen molar-refractivity contribution in [3.63, 3.8) is 0 Å². The van der Waals surface area contributed by atoms with E-state index < -0.39 is 0 Å². The standard InChI is InChI=1S/C41H25N9/c1-5-15-33-29(11-1)30-12-2-6-16-34(30)49(33)40-46-39(47-41(48-40)50-35-17-7-3-13-31(35)32-14-4-8-18-36(32)50)28-24-26(37-42-19-9-20-43-37)23-27(25-28)38-44-21-10-22-45-38/h1-25H. The minimum absolute atomic E-state index is 0.490. The van der Waals surface area contributed by atoms with Crippen molar-refractivity contribution in [1.82, 2.24) is 44.0 Å². The van der Waals surface area contributed by atoms with E-state index in [1.54, 1.807) is 36.9 Å². The van der Waals surface area contributed by atoms with Gasteiger partial charge >= 0.3 is 0 Å². The number of aromatic nitrogens is 9. The molecule has 0 fully saturated rings. The fourth-order valence-corrected chi connectivity index (χ4v) is 6.87. The molecule has 10 aromatic rings. The molecule has 9 heteroatoms. The van der Waals surface area contributed by atoms with Gasteiger partial charge in [-0.1, -0.05) is 72.8 Å². The lowest BCUT2D eigenvalue weighted by Crippen LogP contribution is -2.10. The lowest BCUT2D eigenvalue weighted by Gasteiger charge is -2.13. The number of benzene rings is 5. The van der Waals surface area contributed by atoms with Gasteiger partial charge in [0.2, 0.25) is 11.9 Å². The van der Waals surface area contributed by atoms with E-state index in [0.29, 0.717) is 29.4 Å². The van der Waals surface area contributed by atoms with E-state index in [4.69, 9.17) is 15.0 Å². The quantitative estimate of drug-likeness (QED) is 0.185. The van der Waals surface area contributed by atoms with Crippen LogP contribution in [0.5, 0.6) is 0 Å². The van der Waals surface area contributed by atoms with Crippen molar-refractivity contribution >= 4 is 43.6 Å². The molecule has 0 unspecified atom stereocenters. The van der Waals surface area contributed by atoms with Gasteiger partial charge in [0.25, 0.3) is 0 Å². The van der Waals surface area contributed by atoms with Crippen LogP contribution in [0.2, 0.25) is 0 Å². The second-order valence-electron chi connectivity index (χ2n) is 11.9. The Labute approximate surface area is 285 Å². The van der Waals surface area contributed by atoms with Gasteiger partial charge in [-0.05, 0) is 54.6 Å². The van der Waals surface area contributed by atoms with Crippen LogP contribution < -0.4 is 0 Å². The first-order valence-electron chi connectivity index (χ1n) is 16.2. The topological polar surface area (TPSA) is 100 Å². The minimum Gasteiger partial charge on any atom is -0.278 e. The van der Waals surface area contributed by atoms with Gasteiger partial charge in [-0.25, -0.2) is 19.9 Å². The van der Waals surface area contributed by atoms with Crippen molar-refractivity contribution in [2.75, 3.05) is 0 Å². The Hall–Kier alpha value is -7.13. The molecule has 10 rings (SSSR count). The molecule has 0 aliphatic heterocycles. The van der Waals surface area contributed by atoms with Gasteiger partial charge in [-0.3, -0.25) is 9.13 Å². The summed E-state index contributed by atoms with van der Waals surface area (Å²) in [6, 6.07) is 43.0. The Balaban J connectivity index is 1.31. The maximum atomic E-state index is 5.26. The van der Waals surface area contributed by atoms with Crippen LogP contribution >= 0.6 is 0 Å². The lowest BCUT2D eigenvalue weighted by molar-refractivity contribution is 0.893. The monoisotopic (exact) mass is 643 g/mol. The Morgan fingerprint density at radius 1 is 0.320 bits per heavy atom. The van der Waals surface area contributed by atoms with Gasteiger partial charge in [0.1, 0.15) is 0 Å². The van der Waals surface area contributed by atoms with Crippen LogP contribution in [-0.4, -0.2) is 44.0 Å². The summed E-state index contributed by atoms with van der Waals surface area (Å²) in [7, 11) is 0. The summed E-state index contributed by atoms with van der Waals surface area (Å²) in [5.41, 5.74) is 6.36. The van der Waals surface area contributed by atoms with Crippen molar-refractivity contribution in [3.05, 3.63) is 152 Å². The third-order valence-electron chi connectivity index (χ3n) is 9.01. The third-order valence-corrected chi connectivity index (χ3v) is 9.01. The van der Waals surface area contributed by atoms with Crippen LogP contribution in [0.25, 0.3) is 89.7 Å². The van der Waals surface area contributed by atoms with E-state index in [0.717, 1.165) is 60.3 Å². The zero-order chi connectivity index (χ0) is 33.0. The molecule has 0 saturated carbocycles. The third kappa shape index (κ3) is 4.45. The second kappa shape index (κ2) is 11.2. The molecule has 5 aromatic carbocycles. The van der Waals surface area contributed by atoms with Gasteiger partial charge in [0.15, 0.2) is 17.5 Å². The van der Waals surface area contributed by atoms with Gasteiger partial charge in [-0.15, -0.1) is 0 Å². The van der Waals surface area contributed by atoms with Gasteiger partial charge < -0.3 is 0 Å². The van der Waals surface area contributed by atoms with Crippen LogP contribution in [-0.2, 0) is 0 Å². The van der Waals surface area contributed by atoms with Crippen LogP contribution in [0, 0.1) is 0 Å². The summed E-state index contributed by atoms with van der Waals surface area (Å²) in [6.07, 6.45) is 6.93. The van der Waals surface area contributed by atoms with Crippen molar-refractivity contribution in [2.24, 2.45) is 0 Å². The number of nitrogens with zero attached hydrogens (tertiary/aromatic N) is 9. The summed E-state index contributed by atoms with van der Waals surface area (Å²) in [5.74, 6) is 2.65. The summed E-state index contributed by atoms with van der Waals surface area (Å²) < 4.78 is 4.25. The number of hydrogen-bond acceptors (Lipinski definition) is 7. The van der Waals surface area contributed by atoms with Crippen molar-refractivity contribution in [2.45, 2.75) is 0 Å². The van der Waals surface area contributed by atoms with Gasteiger partial charge in [-0.2, -0.15) is 15.0 Å². The first-order chi connectivity index (χ1) is 24.8. The summed E-state index contributed by atoms with van der Waals surface area (Å²) in [4.78, 5) is 34.0. The minimum atomic E-state index is 0.490. The fourth-order valence-electron chi connectivity index (χ4n) is 6.87. The fraction of sp³-hybridized carbons (Fsp3) is 0. The molecule has 5 heterocycles. The molecule has 0 amide bonds. The summed E-state index contributed by atoms with van der Waals surface area (Å²) in [5, 5.41) is 4.48. The van der Waals surface area contributed by atoms with E-state index in [2.05, 4.69) is 102 Å². The Morgan fingerprint density at radius 2 is 0.640 bits per heavy atom. The molecule has 5 aromatic heterocycles. The molecule has 0 aliphatic rings. The maximum absolute atomic E-state index is 5.26. The van der Waals surface area contributed by atoms with Crippen LogP contribution in [0.15, 0.2) is 152 Å². The molecule has 234 valence electrons. The highest BCUT2D eigenvalue weighted by Gasteiger charge is 2.21. The zero-order valence-corrected chi connectivity index (χ0v) is 26.5. The predicted octanol–water partition coefficient (Wildman–Crippen LogP) is 8.65. The van der Waals surface area contributed by atoms with Gasteiger partial charge in [0, 0.05) is 63.0 Å². The molecular weight excluding hydrogens is 619 g/mol. The van der Waals surface area contributed by atoms with E-state index in [9.17, 15) is 0 Å². The van der Waals surface area contributed by atoms with Crippen molar-refractivity contribution < 1.29 is 0 Å². The first kappa shape index (κ1) is 27.9. The van der Waals surface area contributed by atoms with Crippen molar-refractivity contribution in [1.29, 1.82) is 0 Å². The van der Waals surface area contributed by atoms with Crippen LogP contribution in [0.3, 0.4) is 0 Å². The van der Waals surface area contributed by atoms with E-state index >= 15 is 0 Å². The molecule has 0 saturated heterocycles. The Morgan fingerprint density at radius 3 is 1.00 bits per heavy atom. The zero-order valence-electron chi connectivity index (χ0n) is 26.5. The van der Waals surface area contributed by atoms with E-state index in [1.807, 2.05) is 42.5 Å². The highest BCUT2D eigenvalue weighted by molar-refractivity contribution is 6.10. The molecule has 0 spiro atoms. The molecule has 0 aliphatic carbocycles. The normalized spacial score (nSPS) is 11.6. The largest absolute Gasteiger partial charge is 0.278 e. The Bertz CT molecular complexity index is 2580. The lowest BCUT2D eigenvalue weighted by atomic mass is 10.0. The van der Waals surface area contributed by atoms with Gasteiger partial charge in [0.05, 0.1) is 22.1 Å². The molecule has 50 heavy (non-hydrogen) atoms. The number of rotatable bonds is 5. The van der Waals surface area contributed by atoms with Crippen molar-refractivity contribution in [3.8, 4) is 46.1 Å². The molecule has 0 radical (unpaired) electrons. The van der Waals surface area contributed by atoms with Crippen LogP contribution in [0.1, 0.15) is 0 Å². The highest BCUT2D eigenvalue weighted by atomic mass is 15.3. The molecule has 0 atom stereocenters. The number of fused-ring (bicyclic) bond motifs is 6. The van der Waals surface area contributed by atoms with E-state index in [1.165, 1.54) is 0 Å². The maximum Gasteiger partial charge on any atom is 0.240 e. The average Bonchev–Trinajstić information content (AvgIpc) is 3.71. The summed E-state index contributed by atoms with van der Waals surface area (Å²) >= 11 is 0. The second-order valence-corrected chi connectivity index (χ2v) is 11.9. The summed E-state index contributed by atoms with van der Waals surface area (Å²) in [6.45, 7) is 0. The molecule has 9 nitrogen and oxygen atoms in total. The number of hydrogen-bond donors (Lipinski definition) is 0. The van der Waals surface area contributed by atoms with Crippen LogP contribution in [0.4, 0.5) is 0 Å². The first-order valence-corrected chi connectivity index (χ1v) is 16.2. The molecule has 0 bridgehead atoms.